The van der Waals surface area contributed by atoms with Crippen molar-refractivity contribution in [3.63, 3.8) is 0 Å². The normalized spacial score (nSPS) is 11.6. The molecule has 0 fully saturated rings. The van der Waals surface area contributed by atoms with Gasteiger partial charge in [-0.3, -0.25) is 0 Å². The van der Waals surface area contributed by atoms with Crippen LogP contribution in [0.25, 0.3) is 71.6 Å². The zero-order chi connectivity index (χ0) is 25.8. The molecule has 0 radical (unpaired) electrons. The van der Waals surface area contributed by atoms with Gasteiger partial charge in [0, 0.05) is 38.4 Å². The van der Waals surface area contributed by atoms with Crippen molar-refractivity contribution >= 4 is 43.4 Å². The minimum atomic E-state index is 0.894. The Morgan fingerprint density at radius 1 is 0.385 bits per heavy atom. The fourth-order valence-electron chi connectivity index (χ4n) is 5.83. The highest BCUT2D eigenvalue weighted by Crippen LogP contribution is 2.36. The van der Waals surface area contributed by atoms with Crippen LogP contribution in [0.15, 0.2) is 140 Å². The molecule has 0 saturated carbocycles. The van der Waals surface area contributed by atoms with Gasteiger partial charge >= 0.3 is 0 Å². The molecule has 0 spiro atoms. The Bertz CT molecular complexity index is 2160. The number of fused-ring (bicyclic) bond motifs is 5. The minimum Gasteiger partial charge on any atom is -0.309 e. The molecule has 0 aliphatic heterocycles. The van der Waals surface area contributed by atoms with Crippen LogP contribution < -0.4 is 0 Å². The highest BCUT2D eigenvalue weighted by atomic mass is 15.1. The summed E-state index contributed by atoms with van der Waals surface area (Å²) in [6, 6.07) is 49.2. The van der Waals surface area contributed by atoms with Gasteiger partial charge in [-0.25, -0.2) is 0 Å². The van der Waals surface area contributed by atoms with Gasteiger partial charge in [0.2, 0.25) is 0 Å². The first-order valence-electron chi connectivity index (χ1n) is 13.2. The van der Waals surface area contributed by atoms with E-state index in [1.165, 1.54) is 32.6 Å². The van der Waals surface area contributed by atoms with Crippen LogP contribution in [0.1, 0.15) is 0 Å². The van der Waals surface area contributed by atoms with Gasteiger partial charge in [0.05, 0.1) is 11.0 Å². The highest BCUT2D eigenvalue weighted by molar-refractivity contribution is 6.13. The minimum absolute atomic E-state index is 0.894. The van der Waals surface area contributed by atoms with Crippen molar-refractivity contribution in [1.29, 1.82) is 0 Å². The number of para-hydroxylation sites is 1. The molecule has 2 heterocycles. The first kappa shape index (κ1) is 21.8. The van der Waals surface area contributed by atoms with E-state index in [-0.39, 0.29) is 0 Å². The van der Waals surface area contributed by atoms with Crippen LogP contribution in [0.2, 0.25) is 0 Å². The van der Waals surface area contributed by atoms with Crippen LogP contribution >= 0.6 is 0 Å². The molecule has 39 heavy (non-hydrogen) atoms. The lowest BCUT2D eigenvalue weighted by Crippen LogP contribution is -1.96. The predicted molar refractivity (Wildman–Crippen MR) is 162 cm³/mol. The van der Waals surface area contributed by atoms with Gasteiger partial charge in [0.1, 0.15) is 11.4 Å². The Kier molecular flexibility index (Phi) is 4.82. The van der Waals surface area contributed by atoms with Crippen molar-refractivity contribution in [2.45, 2.75) is 0 Å². The van der Waals surface area contributed by atoms with Crippen molar-refractivity contribution in [1.82, 2.24) is 14.8 Å². The fraction of sp³-hybridized carbons (Fsp3) is 0. The number of hydrogen-bond donors (Lipinski definition) is 0. The van der Waals surface area contributed by atoms with Crippen LogP contribution in [0.5, 0.6) is 0 Å². The molecule has 8 aromatic rings. The third-order valence-corrected chi connectivity index (χ3v) is 7.67. The molecule has 0 bridgehead atoms. The fourth-order valence-corrected chi connectivity index (χ4v) is 5.83. The lowest BCUT2D eigenvalue weighted by Gasteiger charge is -2.12. The van der Waals surface area contributed by atoms with Gasteiger partial charge in [-0.1, -0.05) is 109 Å². The summed E-state index contributed by atoms with van der Waals surface area (Å²) in [5, 5.41) is 16.6. The molecular weight excluding hydrogens is 474 g/mol. The van der Waals surface area contributed by atoms with E-state index in [1.807, 2.05) is 18.2 Å². The summed E-state index contributed by atoms with van der Waals surface area (Å²) in [7, 11) is 0. The zero-order valence-electron chi connectivity index (χ0n) is 21.1. The van der Waals surface area contributed by atoms with Gasteiger partial charge in [-0.2, -0.15) is 0 Å². The lowest BCUT2D eigenvalue weighted by atomic mass is 10.0. The van der Waals surface area contributed by atoms with Crippen molar-refractivity contribution < 1.29 is 0 Å². The van der Waals surface area contributed by atoms with E-state index in [1.54, 1.807) is 0 Å². The standard InChI is InChI=1S/C36H23N3/c1-2-10-24(11-3-1)35-30-15-6-7-16-31(30)36(38-37-35)25-18-20-28(21-19-25)39-33-17-9-8-14-29(33)32-22-26-12-4-5-13-27(26)23-34(32)39/h1-23H. The molecule has 2 aromatic heterocycles. The van der Waals surface area contributed by atoms with Gasteiger partial charge in [-0.05, 0) is 41.1 Å². The SMILES string of the molecule is c1ccc(-c2nnc(-c3ccc(-n4c5ccccc5c5cc6ccccc6cc54)cc3)c3ccccc23)cc1. The third-order valence-electron chi connectivity index (χ3n) is 7.67. The summed E-state index contributed by atoms with van der Waals surface area (Å²) in [6.07, 6.45) is 0. The Labute approximate surface area is 225 Å². The Balaban J connectivity index is 1.30. The average molecular weight is 498 g/mol. The number of hydrogen-bond acceptors (Lipinski definition) is 2. The second-order valence-electron chi connectivity index (χ2n) is 9.92. The van der Waals surface area contributed by atoms with E-state index < -0.39 is 0 Å². The number of benzene rings is 6. The predicted octanol–water partition coefficient (Wildman–Crippen LogP) is 9.21. The maximum atomic E-state index is 4.72. The van der Waals surface area contributed by atoms with Crippen molar-refractivity contribution in [3.8, 4) is 28.2 Å². The first-order valence-corrected chi connectivity index (χ1v) is 13.2. The van der Waals surface area contributed by atoms with Crippen LogP contribution in [0, 0.1) is 0 Å². The molecule has 182 valence electrons. The third kappa shape index (κ3) is 3.44. The quantitative estimate of drug-likeness (QED) is 0.244. The van der Waals surface area contributed by atoms with Crippen molar-refractivity contribution in [2.24, 2.45) is 0 Å². The molecule has 0 aliphatic carbocycles. The largest absolute Gasteiger partial charge is 0.309 e. The average Bonchev–Trinajstić information content (AvgIpc) is 3.33. The summed E-state index contributed by atoms with van der Waals surface area (Å²) in [4.78, 5) is 0. The molecule has 0 atom stereocenters. The van der Waals surface area contributed by atoms with Crippen LogP contribution in [-0.2, 0) is 0 Å². The van der Waals surface area contributed by atoms with Gasteiger partial charge < -0.3 is 4.57 Å². The van der Waals surface area contributed by atoms with Crippen molar-refractivity contribution in [3.05, 3.63) is 140 Å². The molecular formula is C36H23N3. The van der Waals surface area contributed by atoms with E-state index in [0.717, 1.165) is 39.0 Å². The number of rotatable bonds is 3. The van der Waals surface area contributed by atoms with Gasteiger partial charge in [0.25, 0.3) is 0 Å². The van der Waals surface area contributed by atoms with E-state index in [0.29, 0.717) is 0 Å². The van der Waals surface area contributed by atoms with E-state index >= 15 is 0 Å². The first-order chi connectivity index (χ1) is 19.3. The second kappa shape index (κ2) is 8.64. The molecule has 3 nitrogen and oxygen atoms in total. The molecule has 6 aromatic carbocycles. The zero-order valence-corrected chi connectivity index (χ0v) is 21.1. The molecule has 0 saturated heterocycles. The maximum Gasteiger partial charge on any atom is 0.101 e. The van der Waals surface area contributed by atoms with Gasteiger partial charge in [-0.15, -0.1) is 10.2 Å². The molecule has 0 N–H and O–H groups in total. The summed E-state index contributed by atoms with van der Waals surface area (Å²) < 4.78 is 2.36. The number of aromatic nitrogens is 3. The van der Waals surface area contributed by atoms with Gasteiger partial charge in [0.15, 0.2) is 0 Å². The summed E-state index contributed by atoms with van der Waals surface area (Å²) in [5.74, 6) is 0. The molecule has 3 heteroatoms. The van der Waals surface area contributed by atoms with E-state index in [9.17, 15) is 0 Å². The van der Waals surface area contributed by atoms with E-state index in [4.69, 9.17) is 5.10 Å². The van der Waals surface area contributed by atoms with Crippen molar-refractivity contribution in [2.75, 3.05) is 0 Å². The molecule has 0 aliphatic rings. The van der Waals surface area contributed by atoms with Crippen LogP contribution in [-0.4, -0.2) is 14.8 Å². The number of nitrogens with zero attached hydrogens (tertiary/aromatic N) is 3. The Morgan fingerprint density at radius 2 is 0.923 bits per heavy atom. The maximum absolute atomic E-state index is 4.72. The lowest BCUT2D eigenvalue weighted by molar-refractivity contribution is 1.06. The monoisotopic (exact) mass is 497 g/mol. The molecule has 0 unspecified atom stereocenters. The second-order valence-corrected chi connectivity index (χ2v) is 9.92. The molecule has 0 amide bonds. The molecule has 8 rings (SSSR count). The highest BCUT2D eigenvalue weighted by Gasteiger charge is 2.15. The summed E-state index contributed by atoms with van der Waals surface area (Å²) in [6.45, 7) is 0. The smallest absolute Gasteiger partial charge is 0.101 e. The summed E-state index contributed by atoms with van der Waals surface area (Å²) >= 11 is 0. The van der Waals surface area contributed by atoms with Crippen LogP contribution in [0.3, 0.4) is 0 Å². The topological polar surface area (TPSA) is 30.7 Å². The van der Waals surface area contributed by atoms with E-state index in [2.05, 4.69) is 131 Å². The Morgan fingerprint density at radius 3 is 1.62 bits per heavy atom. The van der Waals surface area contributed by atoms with Crippen LogP contribution in [0.4, 0.5) is 0 Å². The summed E-state index contributed by atoms with van der Waals surface area (Å²) in [5.41, 5.74) is 7.45. The Hall–Kier alpha value is -5.28.